The Bertz CT molecular complexity index is 319. The second-order valence-electron chi connectivity index (χ2n) is 4.20. The molecule has 0 amide bonds. The van der Waals surface area contributed by atoms with Crippen molar-refractivity contribution in [1.29, 1.82) is 0 Å². The van der Waals surface area contributed by atoms with Crippen molar-refractivity contribution in [2.24, 2.45) is 7.05 Å². The molecule has 1 aliphatic heterocycles. The number of aryl methyl sites for hydroxylation is 1. The highest BCUT2D eigenvalue weighted by molar-refractivity contribution is 5.31. The van der Waals surface area contributed by atoms with Crippen molar-refractivity contribution in [1.82, 2.24) is 15.1 Å². The lowest BCUT2D eigenvalue weighted by Gasteiger charge is -2.39. The van der Waals surface area contributed by atoms with Gasteiger partial charge in [0.25, 0.3) is 0 Å². The lowest BCUT2D eigenvalue weighted by Crippen LogP contribution is -2.59. The van der Waals surface area contributed by atoms with E-state index in [2.05, 4.69) is 22.7 Å². The second-order valence-corrected chi connectivity index (χ2v) is 4.20. The van der Waals surface area contributed by atoms with E-state index in [4.69, 9.17) is 4.74 Å². The molecule has 2 rings (SSSR count). The van der Waals surface area contributed by atoms with E-state index in [1.807, 2.05) is 19.3 Å². The third-order valence-electron chi connectivity index (χ3n) is 2.57. The summed E-state index contributed by atoms with van der Waals surface area (Å²) in [5.41, 5.74) is 0.0474. The van der Waals surface area contributed by atoms with Crippen LogP contribution in [0.15, 0.2) is 12.3 Å². The van der Waals surface area contributed by atoms with Crippen LogP contribution in [-0.2, 0) is 11.8 Å². The molecule has 0 radical (unpaired) electrons. The van der Waals surface area contributed by atoms with Crippen molar-refractivity contribution in [2.45, 2.75) is 12.5 Å². The minimum absolute atomic E-state index is 0.0474. The van der Waals surface area contributed by atoms with Gasteiger partial charge >= 0.3 is 0 Å². The van der Waals surface area contributed by atoms with Crippen LogP contribution in [0.5, 0.6) is 0 Å². The Labute approximate surface area is 89.8 Å². The fourth-order valence-corrected chi connectivity index (χ4v) is 1.57. The minimum Gasteiger partial charge on any atom is -0.371 e. The van der Waals surface area contributed by atoms with Gasteiger partial charge in [-0.2, -0.15) is 5.10 Å². The van der Waals surface area contributed by atoms with Crippen molar-refractivity contribution < 1.29 is 4.74 Å². The Morgan fingerprint density at radius 2 is 2.47 bits per heavy atom. The summed E-state index contributed by atoms with van der Waals surface area (Å²) >= 11 is 0. The molecule has 1 aromatic heterocycles. The van der Waals surface area contributed by atoms with Crippen LogP contribution in [0.4, 0.5) is 5.82 Å². The smallest absolute Gasteiger partial charge is 0.148 e. The zero-order chi connectivity index (χ0) is 10.7. The molecule has 5 heteroatoms. The van der Waals surface area contributed by atoms with E-state index in [0.29, 0.717) is 0 Å². The van der Waals surface area contributed by atoms with Crippen molar-refractivity contribution in [3.05, 3.63) is 12.3 Å². The Morgan fingerprint density at radius 1 is 1.67 bits per heavy atom. The van der Waals surface area contributed by atoms with Crippen LogP contribution in [0.1, 0.15) is 6.92 Å². The van der Waals surface area contributed by atoms with E-state index in [9.17, 15) is 0 Å². The van der Waals surface area contributed by atoms with Gasteiger partial charge in [-0.1, -0.05) is 0 Å². The van der Waals surface area contributed by atoms with Gasteiger partial charge in [-0.25, -0.2) is 0 Å². The lowest BCUT2D eigenvalue weighted by atomic mass is 10.0. The van der Waals surface area contributed by atoms with Gasteiger partial charge in [0.1, 0.15) is 5.82 Å². The Balaban J connectivity index is 1.63. The van der Waals surface area contributed by atoms with Crippen LogP contribution in [0.25, 0.3) is 0 Å². The molecule has 5 nitrogen and oxygen atoms in total. The summed E-state index contributed by atoms with van der Waals surface area (Å²) < 4.78 is 7.51. The van der Waals surface area contributed by atoms with Crippen molar-refractivity contribution >= 4 is 5.82 Å². The largest absolute Gasteiger partial charge is 0.371 e. The highest BCUT2D eigenvalue weighted by Crippen LogP contribution is 2.14. The Hall–Kier alpha value is -1.07. The summed E-state index contributed by atoms with van der Waals surface area (Å²) in [7, 11) is 1.91. The average Bonchev–Trinajstić information content (AvgIpc) is 2.56. The molecule has 1 aromatic rings. The van der Waals surface area contributed by atoms with Crippen LogP contribution in [0.2, 0.25) is 0 Å². The summed E-state index contributed by atoms with van der Waals surface area (Å²) in [5.74, 6) is 0.901. The number of nitrogens with one attached hydrogen (secondary N) is 2. The lowest BCUT2D eigenvalue weighted by molar-refractivity contribution is -0.0620. The zero-order valence-corrected chi connectivity index (χ0v) is 9.29. The van der Waals surface area contributed by atoms with E-state index in [1.54, 1.807) is 4.68 Å². The van der Waals surface area contributed by atoms with Gasteiger partial charge < -0.3 is 15.4 Å². The predicted molar refractivity (Wildman–Crippen MR) is 58.9 cm³/mol. The van der Waals surface area contributed by atoms with Crippen LogP contribution in [0.3, 0.4) is 0 Å². The van der Waals surface area contributed by atoms with Gasteiger partial charge in [0.15, 0.2) is 0 Å². The molecular weight excluding hydrogens is 192 g/mol. The van der Waals surface area contributed by atoms with E-state index < -0.39 is 0 Å². The van der Waals surface area contributed by atoms with Gasteiger partial charge in [-0.3, -0.25) is 4.68 Å². The number of ether oxygens (including phenoxy) is 1. The number of nitrogens with zero attached hydrogens (tertiary/aromatic N) is 2. The normalized spacial score (nSPS) is 18.5. The predicted octanol–water partition coefficient (Wildman–Crippen LogP) is 0.210. The summed E-state index contributed by atoms with van der Waals surface area (Å²) in [4.78, 5) is 0. The summed E-state index contributed by atoms with van der Waals surface area (Å²) in [5, 5.41) is 10.6. The fourth-order valence-electron chi connectivity index (χ4n) is 1.57. The maximum atomic E-state index is 5.73. The topological polar surface area (TPSA) is 51.1 Å². The molecule has 2 heterocycles. The molecule has 1 saturated heterocycles. The molecule has 15 heavy (non-hydrogen) atoms. The van der Waals surface area contributed by atoms with Gasteiger partial charge in [0.05, 0.1) is 12.2 Å². The van der Waals surface area contributed by atoms with E-state index in [0.717, 1.165) is 32.1 Å². The van der Waals surface area contributed by atoms with Crippen LogP contribution >= 0.6 is 0 Å². The minimum atomic E-state index is 0.0474. The van der Waals surface area contributed by atoms with Crippen molar-refractivity contribution in [2.75, 3.05) is 31.6 Å². The molecule has 0 saturated carbocycles. The second kappa shape index (κ2) is 4.20. The van der Waals surface area contributed by atoms with Crippen molar-refractivity contribution in [3.63, 3.8) is 0 Å². The molecule has 1 aliphatic rings. The van der Waals surface area contributed by atoms with Crippen molar-refractivity contribution in [3.8, 4) is 0 Å². The first-order chi connectivity index (χ1) is 7.18. The maximum Gasteiger partial charge on any atom is 0.148 e. The number of hydrogen-bond acceptors (Lipinski definition) is 4. The monoisotopic (exact) mass is 210 g/mol. The highest BCUT2D eigenvalue weighted by Gasteiger charge is 2.31. The molecule has 2 N–H and O–H groups in total. The van der Waals surface area contributed by atoms with Crippen LogP contribution < -0.4 is 10.6 Å². The number of hydrogen-bond donors (Lipinski definition) is 2. The average molecular weight is 210 g/mol. The third-order valence-corrected chi connectivity index (χ3v) is 2.57. The summed E-state index contributed by atoms with van der Waals surface area (Å²) in [6, 6.07) is 1.95. The SMILES string of the molecule is Cn1ccc(NCCOC2(C)CNC2)n1. The van der Waals surface area contributed by atoms with Gasteiger partial charge in [-0.05, 0) is 6.92 Å². The van der Waals surface area contributed by atoms with Gasteiger partial charge in [-0.15, -0.1) is 0 Å². The highest BCUT2D eigenvalue weighted by atomic mass is 16.5. The molecule has 0 atom stereocenters. The molecule has 1 fully saturated rings. The Morgan fingerprint density at radius 3 is 3.00 bits per heavy atom. The van der Waals surface area contributed by atoms with E-state index in [1.165, 1.54) is 0 Å². The van der Waals surface area contributed by atoms with Gasteiger partial charge in [0, 0.05) is 38.9 Å². The quantitative estimate of drug-likeness (QED) is 0.682. The first-order valence-electron chi connectivity index (χ1n) is 5.26. The van der Waals surface area contributed by atoms with E-state index in [-0.39, 0.29) is 5.60 Å². The van der Waals surface area contributed by atoms with Gasteiger partial charge in [0.2, 0.25) is 0 Å². The molecule has 0 unspecified atom stereocenters. The summed E-state index contributed by atoms with van der Waals surface area (Å²) in [6.07, 6.45) is 1.92. The number of rotatable bonds is 5. The number of aromatic nitrogens is 2. The maximum absolute atomic E-state index is 5.73. The molecule has 84 valence electrons. The Kier molecular flexibility index (Phi) is 2.93. The van der Waals surface area contributed by atoms with Crippen LogP contribution in [-0.4, -0.2) is 41.6 Å². The molecule has 0 bridgehead atoms. The molecular formula is C10H18N4O. The molecule has 0 aliphatic carbocycles. The van der Waals surface area contributed by atoms with Crippen LogP contribution in [0, 0.1) is 0 Å². The first-order valence-corrected chi connectivity index (χ1v) is 5.26. The standard InChI is InChI=1S/C10H18N4O/c1-10(7-11-8-10)15-6-4-12-9-3-5-14(2)13-9/h3,5,11H,4,6-8H2,1-2H3,(H,12,13). The summed E-state index contributed by atoms with van der Waals surface area (Å²) in [6.45, 7) is 5.55. The number of anilines is 1. The third kappa shape index (κ3) is 2.70. The fraction of sp³-hybridized carbons (Fsp3) is 0.700. The zero-order valence-electron chi connectivity index (χ0n) is 9.29. The van der Waals surface area contributed by atoms with E-state index >= 15 is 0 Å². The molecule has 0 spiro atoms. The molecule has 0 aromatic carbocycles. The first kappa shape index (κ1) is 10.4.